The summed E-state index contributed by atoms with van der Waals surface area (Å²) in [5.74, 6) is -0.892. The van der Waals surface area contributed by atoms with Crippen LogP contribution in [0, 0.1) is 0 Å². The molecule has 1 fully saturated rings. The molecule has 0 aromatic heterocycles. The van der Waals surface area contributed by atoms with Crippen molar-refractivity contribution in [2.24, 2.45) is 0 Å². The molecule has 0 bridgehead atoms. The molecule has 0 saturated carbocycles. The number of hydrogen-bond acceptors (Lipinski definition) is 3. The Kier molecular flexibility index (Phi) is 6.08. The second-order valence-electron chi connectivity index (χ2n) is 5.40. The fourth-order valence-corrected chi connectivity index (χ4v) is 2.26. The number of carbonyl (C=O) groups is 2. The van der Waals surface area contributed by atoms with Gasteiger partial charge in [0.05, 0.1) is 0 Å². The van der Waals surface area contributed by atoms with Gasteiger partial charge in [0.1, 0.15) is 6.04 Å². The van der Waals surface area contributed by atoms with Crippen LogP contribution in [0.5, 0.6) is 0 Å². The summed E-state index contributed by atoms with van der Waals surface area (Å²) in [6.07, 6.45) is 3.32. The second-order valence-corrected chi connectivity index (χ2v) is 5.40. The molecule has 2 amide bonds. The number of rotatable bonds is 4. The van der Waals surface area contributed by atoms with Crippen LogP contribution in [0.4, 0.5) is 4.79 Å². The number of carboxylic acid groups (broad SMARTS) is 1. The van der Waals surface area contributed by atoms with Gasteiger partial charge in [-0.15, -0.1) is 0 Å². The van der Waals surface area contributed by atoms with Gasteiger partial charge in [0, 0.05) is 26.7 Å². The lowest BCUT2D eigenvalue weighted by atomic mass is 10.1. The highest BCUT2D eigenvalue weighted by molar-refractivity contribution is 5.82. The van der Waals surface area contributed by atoms with Gasteiger partial charge < -0.3 is 19.8 Å². The van der Waals surface area contributed by atoms with E-state index in [1.165, 1.54) is 4.90 Å². The average Bonchev–Trinajstić information content (AvgIpc) is 2.60. The van der Waals surface area contributed by atoms with Gasteiger partial charge in [-0.3, -0.25) is 0 Å². The third-order valence-electron chi connectivity index (χ3n) is 3.49. The Balaban J connectivity index is 2.67. The third kappa shape index (κ3) is 4.70. The summed E-state index contributed by atoms with van der Waals surface area (Å²) in [5, 5.41) is 9.26. The van der Waals surface area contributed by atoms with E-state index in [1.807, 2.05) is 19.0 Å². The zero-order chi connectivity index (χ0) is 14.4. The van der Waals surface area contributed by atoms with Gasteiger partial charge in [0.25, 0.3) is 0 Å². The summed E-state index contributed by atoms with van der Waals surface area (Å²) in [4.78, 5) is 28.8. The molecule has 1 N–H and O–H groups in total. The second kappa shape index (κ2) is 7.33. The molecular formula is C13H25N3O3. The normalized spacial score (nSPS) is 20.2. The van der Waals surface area contributed by atoms with Crippen molar-refractivity contribution in [3.63, 3.8) is 0 Å². The van der Waals surface area contributed by atoms with Crippen LogP contribution < -0.4 is 0 Å². The molecule has 1 aliphatic heterocycles. The molecule has 1 aliphatic rings. The standard InChI is InChI=1S/C13H25N3O3/c1-14(2)9-10-15(3)13(19)16-8-6-4-5-7-11(16)12(17)18/h11H,4-10H2,1-3H3,(H,17,18). The van der Waals surface area contributed by atoms with E-state index < -0.39 is 12.0 Å². The Hall–Kier alpha value is -1.30. The van der Waals surface area contributed by atoms with E-state index >= 15 is 0 Å². The van der Waals surface area contributed by atoms with E-state index in [4.69, 9.17) is 0 Å². The van der Waals surface area contributed by atoms with Gasteiger partial charge in [-0.2, -0.15) is 0 Å². The van der Waals surface area contributed by atoms with Crippen molar-refractivity contribution in [1.82, 2.24) is 14.7 Å². The number of carbonyl (C=O) groups excluding carboxylic acids is 1. The molecule has 1 atom stereocenters. The van der Waals surface area contributed by atoms with E-state index in [0.29, 0.717) is 19.5 Å². The Labute approximate surface area is 115 Å². The van der Waals surface area contributed by atoms with Gasteiger partial charge in [0.2, 0.25) is 0 Å². The number of aliphatic carboxylic acids is 1. The molecule has 0 spiro atoms. The largest absolute Gasteiger partial charge is 0.480 e. The van der Waals surface area contributed by atoms with Crippen LogP contribution >= 0.6 is 0 Å². The number of amides is 2. The number of carboxylic acids is 1. The van der Waals surface area contributed by atoms with Crippen LogP contribution in [-0.4, -0.2) is 78.6 Å². The lowest BCUT2D eigenvalue weighted by Crippen LogP contribution is -2.50. The van der Waals surface area contributed by atoms with E-state index in [0.717, 1.165) is 25.8 Å². The molecule has 110 valence electrons. The van der Waals surface area contributed by atoms with Crippen LogP contribution in [0.2, 0.25) is 0 Å². The van der Waals surface area contributed by atoms with Crippen molar-refractivity contribution in [2.75, 3.05) is 40.8 Å². The third-order valence-corrected chi connectivity index (χ3v) is 3.49. The first-order valence-electron chi connectivity index (χ1n) is 6.82. The predicted octanol–water partition coefficient (Wildman–Crippen LogP) is 0.929. The summed E-state index contributed by atoms with van der Waals surface area (Å²) < 4.78 is 0. The molecule has 6 nitrogen and oxygen atoms in total. The monoisotopic (exact) mass is 271 g/mol. The number of urea groups is 1. The minimum absolute atomic E-state index is 0.170. The molecule has 1 heterocycles. The SMILES string of the molecule is CN(C)CCN(C)C(=O)N1CCCCCC1C(=O)O. The van der Waals surface area contributed by atoms with Crippen LogP contribution in [0.3, 0.4) is 0 Å². The maximum Gasteiger partial charge on any atom is 0.326 e. The van der Waals surface area contributed by atoms with Crippen molar-refractivity contribution >= 4 is 12.0 Å². The molecule has 19 heavy (non-hydrogen) atoms. The minimum atomic E-state index is -0.892. The first kappa shape index (κ1) is 15.8. The molecule has 1 unspecified atom stereocenters. The molecule has 6 heteroatoms. The van der Waals surface area contributed by atoms with E-state index in [2.05, 4.69) is 0 Å². The van der Waals surface area contributed by atoms with E-state index in [1.54, 1.807) is 11.9 Å². The number of likely N-dealkylation sites (N-methyl/N-ethyl adjacent to an activating group) is 2. The number of nitrogens with zero attached hydrogens (tertiary/aromatic N) is 3. The Morgan fingerprint density at radius 2 is 1.84 bits per heavy atom. The van der Waals surface area contributed by atoms with Gasteiger partial charge in [-0.1, -0.05) is 12.8 Å². The minimum Gasteiger partial charge on any atom is -0.480 e. The lowest BCUT2D eigenvalue weighted by Gasteiger charge is -2.31. The average molecular weight is 271 g/mol. The predicted molar refractivity (Wildman–Crippen MR) is 73.2 cm³/mol. The highest BCUT2D eigenvalue weighted by Crippen LogP contribution is 2.18. The van der Waals surface area contributed by atoms with Gasteiger partial charge in [0.15, 0.2) is 0 Å². The summed E-state index contributed by atoms with van der Waals surface area (Å²) in [5.41, 5.74) is 0. The maximum absolute atomic E-state index is 12.3. The van der Waals surface area contributed by atoms with E-state index in [9.17, 15) is 14.7 Å². The summed E-state index contributed by atoms with van der Waals surface area (Å²) in [7, 11) is 5.63. The van der Waals surface area contributed by atoms with E-state index in [-0.39, 0.29) is 6.03 Å². The summed E-state index contributed by atoms with van der Waals surface area (Å²) in [6.45, 7) is 1.92. The molecule has 0 radical (unpaired) electrons. The smallest absolute Gasteiger partial charge is 0.326 e. The fourth-order valence-electron chi connectivity index (χ4n) is 2.26. The van der Waals surface area contributed by atoms with Gasteiger partial charge in [-0.25, -0.2) is 9.59 Å². The molecule has 0 aromatic rings. The van der Waals surface area contributed by atoms with Gasteiger partial charge in [-0.05, 0) is 26.9 Å². The van der Waals surface area contributed by atoms with Crippen molar-refractivity contribution in [2.45, 2.75) is 31.7 Å². The van der Waals surface area contributed by atoms with Crippen molar-refractivity contribution in [3.8, 4) is 0 Å². The highest BCUT2D eigenvalue weighted by atomic mass is 16.4. The zero-order valence-electron chi connectivity index (χ0n) is 12.1. The molecule has 1 rings (SSSR count). The molecular weight excluding hydrogens is 246 g/mol. The maximum atomic E-state index is 12.3. The summed E-state index contributed by atoms with van der Waals surface area (Å²) in [6, 6.07) is -0.840. The van der Waals surface area contributed by atoms with Crippen LogP contribution in [0.1, 0.15) is 25.7 Å². The number of hydrogen-bond donors (Lipinski definition) is 1. The van der Waals surface area contributed by atoms with Crippen molar-refractivity contribution < 1.29 is 14.7 Å². The van der Waals surface area contributed by atoms with Crippen LogP contribution in [0.15, 0.2) is 0 Å². The van der Waals surface area contributed by atoms with Crippen molar-refractivity contribution in [1.29, 1.82) is 0 Å². The topological polar surface area (TPSA) is 64.1 Å². The highest BCUT2D eigenvalue weighted by Gasteiger charge is 2.32. The zero-order valence-corrected chi connectivity index (χ0v) is 12.1. The fraction of sp³-hybridized carbons (Fsp3) is 0.846. The molecule has 0 aliphatic carbocycles. The van der Waals surface area contributed by atoms with Crippen LogP contribution in [0.25, 0.3) is 0 Å². The Bertz CT molecular complexity index is 320. The summed E-state index contributed by atoms with van der Waals surface area (Å²) >= 11 is 0. The first-order chi connectivity index (χ1) is 8.93. The Morgan fingerprint density at radius 3 is 2.42 bits per heavy atom. The van der Waals surface area contributed by atoms with Crippen molar-refractivity contribution in [3.05, 3.63) is 0 Å². The quantitative estimate of drug-likeness (QED) is 0.826. The first-order valence-corrected chi connectivity index (χ1v) is 6.82. The number of likely N-dealkylation sites (tertiary alicyclic amines) is 1. The lowest BCUT2D eigenvalue weighted by molar-refractivity contribution is -0.142. The molecule has 0 aromatic carbocycles. The van der Waals surface area contributed by atoms with Gasteiger partial charge >= 0.3 is 12.0 Å². The molecule has 1 saturated heterocycles. The van der Waals surface area contributed by atoms with Crippen LogP contribution in [-0.2, 0) is 4.79 Å². The Morgan fingerprint density at radius 1 is 1.16 bits per heavy atom.